The van der Waals surface area contributed by atoms with E-state index in [0.717, 1.165) is 36.2 Å². The molecule has 3 rings (SSSR count). The van der Waals surface area contributed by atoms with Gasteiger partial charge in [0.15, 0.2) is 0 Å². The van der Waals surface area contributed by atoms with Crippen molar-refractivity contribution in [3.63, 3.8) is 0 Å². The van der Waals surface area contributed by atoms with E-state index in [9.17, 15) is 0 Å². The molecule has 2 aromatic rings. The first kappa shape index (κ1) is 9.66. The molecule has 1 N–H and O–H groups in total. The summed E-state index contributed by atoms with van der Waals surface area (Å²) in [4.78, 5) is 0. The maximum atomic E-state index is 5.40. The standard InChI is InChI=1S/C12H15N3O/c1-16-11-4-2-3-9-7-14-15(12(9)11)10-5-6-13-8-10/h2-4,7,10,13H,5-6,8H2,1H3. The predicted octanol–water partition coefficient (Wildman–Crippen LogP) is 1.58. The summed E-state index contributed by atoms with van der Waals surface area (Å²) in [6, 6.07) is 6.51. The van der Waals surface area contributed by atoms with Crippen LogP contribution >= 0.6 is 0 Å². The zero-order chi connectivity index (χ0) is 11.0. The third kappa shape index (κ3) is 1.38. The molecule has 4 heteroatoms. The lowest BCUT2D eigenvalue weighted by Gasteiger charge is -2.12. The maximum absolute atomic E-state index is 5.40. The van der Waals surface area contributed by atoms with Crippen molar-refractivity contribution in [3.8, 4) is 5.75 Å². The number of ether oxygens (including phenoxy) is 1. The van der Waals surface area contributed by atoms with Crippen LogP contribution in [0.3, 0.4) is 0 Å². The van der Waals surface area contributed by atoms with E-state index in [0.29, 0.717) is 6.04 Å². The topological polar surface area (TPSA) is 39.1 Å². The second-order valence-electron chi connectivity index (χ2n) is 4.13. The fourth-order valence-electron chi connectivity index (χ4n) is 2.36. The lowest BCUT2D eigenvalue weighted by Crippen LogP contribution is -2.14. The molecule has 0 saturated carbocycles. The summed E-state index contributed by atoms with van der Waals surface area (Å²) in [7, 11) is 1.71. The number of hydrogen-bond acceptors (Lipinski definition) is 3. The number of nitrogens with one attached hydrogen (secondary N) is 1. The fraction of sp³-hybridized carbons (Fsp3) is 0.417. The van der Waals surface area contributed by atoms with E-state index < -0.39 is 0 Å². The SMILES string of the molecule is COc1cccc2cnn(C3CCNC3)c12. The molecule has 0 amide bonds. The number of methoxy groups -OCH3 is 1. The Morgan fingerprint density at radius 1 is 1.50 bits per heavy atom. The van der Waals surface area contributed by atoms with Crippen molar-refractivity contribution in [1.82, 2.24) is 15.1 Å². The van der Waals surface area contributed by atoms with Gasteiger partial charge in [-0.2, -0.15) is 5.10 Å². The average Bonchev–Trinajstić information content (AvgIpc) is 2.96. The second kappa shape index (κ2) is 3.79. The molecule has 1 unspecified atom stereocenters. The van der Waals surface area contributed by atoms with Crippen molar-refractivity contribution in [2.75, 3.05) is 20.2 Å². The Hall–Kier alpha value is -1.55. The highest BCUT2D eigenvalue weighted by atomic mass is 16.5. The first-order valence-electron chi connectivity index (χ1n) is 5.61. The highest BCUT2D eigenvalue weighted by molar-refractivity contribution is 5.84. The van der Waals surface area contributed by atoms with Crippen LogP contribution in [0.2, 0.25) is 0 Å². The van der Waals surface area contributed by atoms with Gasteiger partial charge in [0.2, 0.25) is 0 Å². The van der Waals surface area contributed by atoms with Gasteiger partial charge in [0.1, 0.15) is 11.3 Å². The summed E-state index contributed by atoms with van der Waals surface area (Å²) in [5.74, 6) is 0.905. The molecule has 0 bridgehead atoms. The van der Waals surface area contributed by atoms with Gasteiger partial charge in [0, 0.05) is 11.9 Å². The van der Waals surface area contributed by atoms with E-state index in [1.807, 2.05) is 18.3 Å². The van der Waals surface area contributed by atoms with E-state index in [4.69, 9.17) is 4.74 Å². The van der Waals surface area contributed by atoms with E-state index >= 15 is 0 Å². The third-order valence-corrected chi connectivity index (χ3v) is 3.18. The smallest absolute Gasteiger partial charge is 0.144 e. The van der Waals surface area contributed by atoms with Gasteiger partial charge in [-0.25, -0.2) is 0 Å². The molecule has 1 atom stereocenters. The Morgan fingerprint density at radius 3 is 3.19 bits per heavy atom. The summed E-state index contributed by atoms with van der Waals surface area (Å²) in [5, 5.41) is 8.99. The minimum atomic E-state index is 0.453. The quantitative estimate of drug-likeness (QED) is 0.830. The molecular formula is C12H15N3O. The van der Waals surface area contributed by atoms with Gasteiger partial charge in [-0.1, -0.05) is 12.1 Å². The largest absolute Gasteiger partial charge is 0.494 e. The number of aromatic nitrogens is 2. The molecule has 0 radical (unpaired) electrons. The van der Waals surface area contributed by atoms with Crippen LogP contribution < -0.4 is 10.1 Å². The van der Waals surface area contributed by atoms with Crippen molar-refractivity contribution in [2.45, 2.75) is 12.5 Å². The number of para-hydroxylation sites is 1. The highest BCUT2D eigenvalue weighted by Crippen LogP contribution is 2.29. The van der Waals surface area contributed by atoms with Crippen LogP contribution in [0.1, 0.15) is 12.5 Å². The van der Waals surface area contributed by atoms with Gasteiger partial charge >= 0.3 is 0 Å². The molecular weight excluding hydrogens is 202 g/mol. The van der Waals surface area contributed by atoms with Gasteiger partial charge in [-0.15, -0.1) is 0 Å². The van der Waals surface area contributed by atoms with Crippen molar-refractivity contribution < 1.29 is 4.74 Å². The Labute approximate surface area is 94.2 Å². The molecule has 16 heavy (non-hydrogen) atoms. The van der Waals surface area contributed by atoms with Crippen LogP contribution in [-0.2, 0) is 0 Å². The molecule has 1 aromatic heterocycles. The zero-order valence-corrected chi connectivity index (χ0v) is 9.31. The Balaban J connectivity index is 2.16. The van der Waals surface area contributed by atoms with Crippen LogP contribution in [-0.4, -0.2) is 30.0 Å². The molecule has 84 valence electrons. The molecule has 1 fully saturated rings. The summed E-state index contributed by atoms with van der Waals surface area (Å²) in [6.07, 6.45) is 3.05. The van der Waals surface area contributed by atoms with E-state index in [-0.39, 0.29) is 0 Å². The molecule has 1 saturated heterocycles. The molecule has 1 aliphatic heterocycles. The van der Waals surface area contributed by atoms with Crippen LogP contribution in [0.5, 0.6) is 5.75 Å². The van der Waals surface area contributed by atoms with Crippen molar-refractivity contribution in [2.24, 2.45) is 0 Å². The third-order valence-electron chi connectivity index (χ3n) is 3.18. The van der Waals surface area contributed by atoms with Crippen molar-refractivity contribution >= 4 is 10.9 Å². The Morgan fingerprint density at radius 2 is 2.44 bits per heavy atom. The zero-order valence-electron chi connectivity index (χ0n) is 9.31. The lowest BCUT2D eigenvalue weighted by molar-refractivity contribution is 0.412. The van der Waals surface area contributed by atoms with E-state index in [2.05, 4.69) is 21.2 Å². The first-order chi connectivity index (χ1) is 7.90. The molecule has 1 aromatic carbocycles. The van der Waals surface area contributed by atoms with Gasteiger partial charge in [0.05, 0.1) is 19.3 Å². The summed E-state index contributed by atoms with van der Waals surface area (Å²) in [5.41, 5.74) is 1.11. The van der Waals surface area contributed by atoms with Crippen LogP contribution in [0.4, 0.5) is 0 Å². The Kier molecular flexibility index (Phi) is 2.29. The maximum Gasteiger partial charge on any atom is 0.144 e. The van der Waals surface area contributed by atoms with E-state index in [1.165, 1.54) is 0 Å². The fourth-order valence-corrected chi connectivity index (χ4v) is 2.36. The van der Waals surface area contributed by atoms with Gasteiger partial charge in [0.25, 0.3) is 0 Å². The van der Waals surface area contributed by atoms with Gasteiger partial charge < -0.3 is 10.1 Å². The molecule has 0 spiro atoms. The second-order valence-corrected chi connectivity index (χ2v) is 4.13. The first-order valence-corrected chi connectivity index (χ1v) is 5.61. The molecule has 2 heterocycles. The number of hydrogen-bond donors (Lipinski definition) is 1. The molecule has 1 aliphatic rings. The van der Waals surface area contributed by atoms with E-state index in [1.54, 1.807) is 7.11 Å². The summed E-state index contributed by atoms with van der Waals surface area (Å²) < 4.78 is 7.50. The predicted molar refractivity (Wildman–Crippen MR) is 62.8 cm³/mol. The van der Waals surface area contributed by atoms with Gasteiger partial charge in [-0.3, -0.25) is 4.68 Å². The minimum Gasteiger partial charge on any atom is -0.494 e. The molecule has 0 aliphatic carbocycles. The van der Waals surface area contributed by atoms with Crippen LogP contribution in [0.25, 0.3) is 10.9 Å². The summed E-state index contributed by atoms with van der Waals surface area (Å²) in [6.45, 7) is 2.07. The Bertz CT molecular complexity index is 500. The van der Waals surface area contributed by atoms with Crippen molar-refractivity contribution in [1.29, 1.82) is 0 Å². The molecule has 4 nitrogen and oxygen atoms in total. The number of rotatable bonds is 2. The number of nitrogens with zero attached hydrogens (tertiary/aromatic N) is 2. The average molecular weight is 217 g/mol. The van der Waals surface area contributed by atoms with Crippen LogP contribution in [0.15, 0.2) is 24.4 Å². The monoisotopic (exact) mass is 217 g/mol. The normalized spacial score (nSPS) is 20.4. The highest BCUT2D eigenvalue weighted by Gasteiger charge is 2.20. The minimum absolute atomic E-state index is 0.453. The number of benzene rings is 1. The lowest BCUT2D eigenvalue weighted by atomic mass is 10.2. The van der Waals surface area contributed by atoms with Crippen molar-refractivity contribution in [3.05, 3.63) is 24.4 Å². The summed E-state index contributed by atoms with van der Waals surface area (Å²) >= 11 is 0. The number of fused-ring (bicyclic) bond motifs is 1. The van der Waals surface area contributed by atoms with Gasteiger partial charge in [-0.05, 0) is 19.0 Å². The van der Waals surface area contributed by atoms with Crippen LogP contribution in [0, 0.1) is 0 Å².